The van der Waals surface area contributed by atoms with Gasteiger partial charge in [0.2, 0.25) is 0 Å². The van der Waals surface area contributed by atoms with E-state index in [4.69, 9.17) is 30.5 Å². The van der Waals surface area contributed by atoms with Gasteiger partial charge in [0.25, 0.3) is 0 Å². The highest BCUT2D eigenvalue weighted by atomic mass is 35.5. The summed E-state index contributed by atoms with van der Waals surface area (Å²) in [5.41, 5.74) is 3.10. The molecule has 2 heterocycles. The molecule has 3 aromatic rings. The molecule has 0 aromatic heterocycles. The maximum atomic E-state index is 13.5. The van der Waals surface area contributed by atoms with Crippen molar-refractivity contribution in [1.82, 2.24) is 4.90 Å². The van der Waals surface area contributed by atoms with Crippen LogP contribution in [0.1, 0.15) is 27.0 Å². The normalized spacial score (nSPS) is 16.3. The van der Waals surface area contributed by atoms with Crippen LogP contribution in [0.15, 0.2) is 47.4 Å². The van der Waals surface area contributed by atoms with Crippen molar-refractivity contribution in [2.24, 2.45) is 0 Å². The molecule has 0 radical (unpaired) electrons. The van der Waals surface area contributed by atoms with Gasteiger partial charge in [0.1, 0.15) is 16.4 Å². The van der Waals surface area contributed by atoms with Crippen LogP contribution in [0, 0.1) is 6.92 Å². The summed E-state index contributed by atoms with van der Waals surface area (Å²) in [6.45, 7) is 5.60. The Kier molecular flexibility index (Phi) is 7.85. The first-order chi connectivity index (χ1) is 19.1. The van der Waals surface area contributed by atoms with Gasteiger partial charge < -0.3 is 23.8 Å². The smallest absolute Gasteiger partial charge is 0.337 e. The molecule has 5 rings (SSSR count). The van der Waals surface area contributed by atoms with Crippen molar-refractivity contribution < 1.29 is 32.2 Å². The van der Waals surface area contributed by atoms with Crippen LogP contribution < -0.4 is 19.1 Å². The number of benzene rings is 3. The van der Waals surface area contributed by atoms with Gasteiger partial charge in [0.15, 0.2) is 21.3 Å². The largest absolute Gasteiger partial charge is 0.493 e. The molecule has 0 aliphatic carbocycles. The summed E-state index contributed by atoms with van der Waals surface area (Å²) >= 11 is 6.69. The van der Waals surface area contributed by atoms with Gasteiger partial charge in [-0.2, -0.15) is 0 Å². The van der Waals surface area contributed by atoms with Crippen LogP contribution >= 0.6 is 11.6 Å². The zero-order valence-corrected chi connectivity index (χ0v) is 24.4. The molecule has 0 amide bonds. The number of nitrogens with zero attached hydrogens (tertiary/aromatic N) is 2. The van der Waals surface area contributed by atoms with E-state index in [-0.39, 0.29) is 22.0 Å². The summed E-state index contributed by atoms with van der Waals surface area (Å²) < 4.78 is 48.6. The van der Waals surface area contributed by atoms with Crippen LogP contribution in [0.25, 0.3) is 0 Å². The number of piperazine rings is 1. The Bertz CT molecular complexity index is 1570. The second-order valence-corrected chi connectivity index (χ2v) is 12.2. The number of carbonyl (C=O) groups excluding carboxylic acids is 1. The molecule has 40 heavy (non-hydrogen) atoms. The van der Waals surface area contributed by atoms with Crippen LogP contribution in [-0.2, 0) is 26.9 Å². The number of halogens is 1. The van der Waals surface area contributed by atoms with Crippen LogP contribution in [0.5, 0.6) is 23.0 Å². The number of ether oxygens (including phenoxy) is 4. The molecule has 1 fully saturated rings. The lowest BCUT2D eigenvalue weighted by Gasteiger charge is -2.36. The Hall–Kier alpha value is -3.47. The minimum Gasteiger partial charge on any atom is -0.493 e. The van der Waals surface area contributed by atoms with E-state index in [2.05, 4.69) is 9.80 Å². The summed E-state index contributed by atoms with van der Waals surface area (Å²) in [5, 5.41) is 0.333. The third-order valence-corrected chi connectivity index (χ3v) is 9.19. The van der Waals surface area contributed by atoms with Crippen LogP contribution in [0.4, 0.5) is 5.69 Å². The Labute approximate surface area is 239 Å². The lowest BCUT2D eigenvalue weighted by atomic mass is 10.1. The molecule has 11 heteroatoms. The van der Waals surface area contributed by atoms with Crippen LogP contribution in [0.3, 0.4) is 0 Å². The number of hydrogen-bond donors (Lipinski definition) is 0. The highest BCUT2D eigenvalue weighted by molar-refractivity contribution is 7.90. The molecular weight excluding hydrogens is 556 g/mol. The van der Waals surface area contributed by atoms with Crippen molar-refractivity contribution >= 4 is 33.1 Å². The highest BCUT2D eigenvalue weighted by Crippen LogP contribution is 2.45. The highest BCUT2D eigenvalue weighted by Gasteiger charge is 2.32. The van der Waals surface area contributed by atoms with Gasteiger partial charge >= 0.3 is 5.97 Å². The van der Waals surface area contributed by atoms with Crippen molar-refractivity contribution in [3.05, 3.63) is 69.7 Å². The lowest BCUT2D eigenvalue weighted by molar-refractivity contribution is 0.0600. The monoisotopic (exact) mass is 586 g/mol. The van der Waals surface area contributed by atoms with Gasteiger partial charge in [0.05, 0.1) is 37.7 Å². The Morgan fingerprint density at radius 1 is 0.950 bits per heavy atom. The molecular formula is C29H31ClN2O7S. The summed E-state index contributed by atoms with van der Waals surface area (Å²) in [4.78, 5) is 16.6. The van der Waals surface area contributed by atoms with E-state index in [1.165, 1.54) is 13.2 Å². The molecule has 0 bridgehead atoms. The molecule has 0 N–H and O–H groups in total. The summed E-state index contributed by atoms with van der Waals surface area (Å²) in [5.74, 6) is 0.970. The van der Waals surface area contributed by atoms with Crippen molar-refractivity contribution in [2.75, 3.05) is 52.4 Å². The molecule has 0 atom stereocenters. The summed E-state index contributed by atoms with van der Waals surface area (Å²) in [6.07, 6.45) is 0. The lowest BCUT2D eigenvalue weighted by Crippen LogP contribution is -2.46. The third-order valence-electron chi connectivity index (χ3n) is 7.24. The fraction of sp³-hybridized carbons (Fsp3) is 0.345. The summed E-state index contributed by atoms with van der Waals surface area (Å²) in [6, 6.07) is 12.5. The van der Waals surface area contributed by atoms with E-state index < -0.39 is 15.8 Å². The van der Waals surface area contributed by atoms with Gasteiger partial charge in [-0.3, -0.25) is 4.90 Å². The van der Waals surface area contributed by atoms with E-state index in [1.807, 2.05) is 30.3 Å². The second-order valence-electron chi connectivity index (χ2n) is 9.84. The number of carbonyl (C=O) groups is 1. The van der Waals surface area contributed by atoms with Gasteiger partial charge in [-0.05, 0) is 54.4 Å². The number of hydrogen-bond acceptors (Lipinski definition) is 9. The fourth-order valence-corrected chi connectivity index (χ4v) is 7.01. The molecule has 0 unspecified atom stereocenters. The molecule has 0 saturated carbocycles. The van der Waals surface area contributed by atoms with Crippen molar-refractivity contribution in [3.8, 4) is 23.0 Å². The number of aryl methyl sites for hydroxylation is 1. The maximum absolute atomic E-state index is 13.5. The van der Waals surface area contributed by atoms with Crippen molar-refractivity contribution in [3.63, 3.8) is 0 Å². The quantitative estimate of drug-likeness (QED) is 0.376. The number of fused-ring (bicyclic) bond motifs is 2. The van der Waals surface area contributed by atoms with E-state index in [0.717, 1.165) is 44.0 Å². The number of sulfone groups is 1. The minimum absolute atomic E-state index is 0.0505. The first kappa shape index (κ1) is 28.1. The average Bonchev–Trinajstić information content (AvgIpc) is 3.06. The third kappa shape index (κ3) is 5.43. The topological polar surface area (TPSA) is 94.6 Å². The molecule has 0 spiro atoms. The molecule has 2 aliphatic rings. The van der Waals surface area contributed by atoms with E-state index in [9.17, 15) is 13.2 Å². The molecule has 1 saturated heterocycles. The Morgan fingerprint density at radius 3 is 2.35 bits per heavy atom. The summed E-state index contributed by atoms with van der Waals surface area (Å²) in [7, 11) is 0.663. The number of rotatable bonds is 6. The minimum atomic E-state index is -3.83. The van der Waals surface area contributed by atoms with Gasteiger partial charge in [-0.15, -0.1) is 0 Å². The van der Waals surface area contributed by atoms with Gasteiger partial charge in [-0.1, -0.05) is 17.7 Å². The number of esters is 1. The van der Waals surface area contributed by atoms with Crippen LogP contribution in [0.2, 0.25) is 5.02 Å². The van der Waals surface area contributed by atoms with Crippen molar-refractivity contribution in [1.29, 1.82) is 0 Å². The Balaban J connectivity index is 1.35. The zero-order valence-electron chi connectivity index (χ0n) is 22.8. The van der Waals surface area contributed by atoms with E-state index in [1.54, 1.807) is 27.2 Å². The molecule has 9 nitrogen and oxygen atoms in total. The molecule has 212 valence electrons. The molecule has 2 aliphatic heterocycles. The first-order valence-electron chi connectivity index (χ1n) is 12.8. The van der Waals surface area contributed by atoms with Crippen LogP contribution in [-0.4, -0.2) is 66.8 Å². The predicted molar refractivity (Wildman–Crippen MR) is 152 cm³/mol. The fourth-order valence-electron chi connectivity index (χ4n) is 5.16. The first-order valence-corrected chi connectivity index (χ1v) is 14.8. The van der Waals surface area contributed by atoms with Crippen molar-refractivity contribution in [2.45, 2.75) is 24.1 Å². The standard InChI is InChI=1S/C29H31ClN2O7S/c1-18-11-20(29(33)38-4)14-26-27(18)39-28-21(17-40(26,34)35)13-22(15-23(28)30)32-9-7-31(8-10-32)16-19-5-6-24(36-2)25(12-19)37-3/h5-6,11-15H,7-10,16-17H2,1-4H3. The maximum Gasteiger partial charge on any atom is 0.337 e. The SMILES string of the molecule is COC(=O)c1cc(C)c2c(c1)S(=O)(=O)Cc1cc(N3CCN(Cc4ccc(OC)c(OC)c4)CC3)cc(Cl)c1O2. The predicted octanol–water partition coefficient (Wildman–Crippen LogP) is 4.85. The molecule has 3 aromatic carbocycles. The second kappa shape index (κ2) is 11.2. The average molecular weight is 587 g/mol. The zero-order chi connectivity index (χ0) is 28.6. The number of anilines is 1. The van der Waals surface area contributed by atoms with E-state index >= 15 is 0 Å². The van der Waals surface area contributed by atoms with E-state index in [0.29, 0.717) is 33.4 Å². The Morgan fingerprint density at radius 2 is 1.68 bits per heavy atom. The van der Waals surface area contributed by atoms with Gasteiger partial charge in [0, 0.05) is 44.0 Å². The number of methoxy groups -OCH3 is 3. The van der Waals surface area contributed by atoms with Gasteiger partial charge in [-0.25, -0.2) is 13.2 Å².